The molecular formula is C16H28N4O3. The van der Waals surface area contributed by atoms with E-state index in [1.54, 1.807) is 4.90 Å². The largest absolute Gasteiger partial charge is 0.347 e. The highest BCUT2D eigenvalue weighted by atomic mass is 16.2. The first kappa shape index (κ1) is 17.6. The van der Waals surface area contributed by atoms with Crippen molar-refractivity contribution < 1.29 is 14.4 Å². The molecule has 3 N–H and O–H groups in total. The van der Waals surface area contributed by atoms with Gasteiger partial charge in [-0.15, -0.1) is 0 Å². The van der Waals surface area contributed by atoms with Crippen LogP contribution >= 0.6 is 0 Å². The molecular weight excluding hydrogens is 296 g/mol. The van der Waals surface area contributed by atoms with E-state index in [0.29, 0.717) is 0 Å². The molecule has 0 bridgehead atoms. The van der Waals surface area contributed by atoms with Crippen molar-refractivity contribution in [3.05, 3.63) is 0 Å². The van der Waals surface area contributed by atoms with Gasteiger partial charge in [0.15, 0.2) is 0 Å². The number of rotatable bonds is 6. The molecule has 1 saturated heterocycles. The number of nitrogens with zero attached hydrogens (tertiary/aromatic N) is 1. The molecule has 130 valence electrons. The fraction of sp³-hybridized carbons (Fsp3) is 0.812. The Morgan fingerprint density at radius 1 is 0.913 bits per heavy atom. The molecule has 1 aliphatic heterocycles. The van der Waals surface area contributed by atoms with Crippen LogP contribution in [0.15, 0.2) is 0 Å². The second kappa shape index (κ2) is 9.37. The van der Waals surface area contributed by atoms with Crippen LogP contribution in [0.2, 0.25) is 0 Å². The molecule has 2 rings (SSSR count). The molecule has 0 atom stereocenters. The van der Waals surface area contributed by atoms with Gasteiger partial charge in [-0.05, 0) is 25.7 Å². The normalized spacial score (nSPS) is 18.5. The number of carbonyl (C=O) groups is 3. The summed E-state index contributed by atoms with van der Waals surface area (Å²) in [5.74, 6) is -0.241. The third-order valence-electron chi connectivity index (χ3n) is 4.47. The topological polar surface area (TPSA) is 90.5 Å². The number of urea groups is 1. The summed E-state index contributed by atoms with van der Waals surface area (Å²) in [6, 6.07) is 0.0495. The summed E-state index contributed by atoms with van der Waals surface area (Å²) in [7, 11) is 0. The van der Waals surface area contributed by atoms with Gasteiger partial charge in [-0.3, -0.25) is 9.59 Å². The molecule has 1 aliphatic carbocycles. The van der Waals surface area contributed by atoms with Crippen molar-refractivity contribution in [2.75, 3.05) is 26.2 Å². The lowest BCUT2D eigenvalue weighted by atomic mass is 9.96. The van der Waals surface area contributed by atoms with Gasteiger partial charge in [-0.25, -0.2) is 4.79 Å². The second-order valence-corrected chi connectivity index (χ2v) is 6.35. The number of hydrogen-bond donors (Lipinski definition) is 3. The second-order valence-electron chi connectivity index (χ2n) is 6.35. The number of likely N-dealkylation sites (tertiary alicyclic amines) is 1. The zero-order valence-electron chi connectivity index (χ0n) is 13.7. The van der Waals surface area contributed by atoms with Crippen molar-refractivity contribution in [2.45, 2.75) is 57.4 Å². The maximum absolute atomic E-state index is 11.8. The van der Waals surface area contributed by atoms with Crippen molar-refractivity contribution in [1.29, 1.82) is 0 Å². The highest BCUT2D eigenvalue weighted by Gasteiger charge is 2.18. The van der Waals surface area contributed by atoms with E-state index in [-0.39, 0.29) is 43.4 Å². The predicted octanol–water partition coefficient (Wildman–Crippen LogP) is 0.747. The number of carbonyl (C=O) groups excluding carboxylic acids is 3. The SMILES string of the molecule is O=C(CCNC(=O)NC1CCCCC1)NCC(=O)N1CCCC1. The van der Waals surface area contributed by atoms with Crippen LogP contribution < -0.4 is 16.0 Å². The van der Waals surface area contributed by atoms with Crippen LogP contribution in [-0.2, 0) is 9.59 Å². The molecule has 0 spiro atoms. The van der Waals surface area contributed by atoms with Crippen LogP contribution in [0, 0.1) is 0 Å². The van der Waals surface area contributed by atoms with Crippen LogP contribution in [0.5, 0.6) is 0 Å². The molecule has 0 aromatic heterocycles. The first-order chi connectivity index (χ1) is 11.1. The van der Waals surface area contributed by atoms with E-state index in [9.17, 15) is 14.4 Å². The van der Waals surface area contributed by atoms with Crippen molar-refractivity contribution in [3.8, 4) is 0 Å². The summed E-state index contributed by atoms with van der Waals surface area (Å²) in [4.78, 5) is 37.0. The van der Waals surface area contributed by atoms with Gasteiger partial charge in [0.2, 0.25) is 11.8 Å². The maximum Gasteiger partial charge on any atom is 0.315 e. The molecule has 0 aromatic rings. The van der Waals surface area contributed by atoms with Gasteiger partial charge in [0.25, 0.3) is 0 Å². The highest BCUT2D eigenvalue weighted by molar-refractivity contribution is 5.85. The Hall–Kier alpha value is -1.79. The quantitative estimate of drug-likeness (QED) is 0.673. The number of nitrogens with one attached hydrogen (secondary N) is 3. The van der Waals surface area contributed by atoms with Crippen LogP contribution in [-0.4, -0.2) is 55.0 Å². The van der Waals surface area contributed by atoms with E-state index in [4.69, 9.17) is 0 Å². The Kier molecular flexibility index (Phi) is 7.16. The third-order valence-corrected chi connectivity index (χ3v) is 4.47. The molecule has 1 saturated carbocycles. The predicted molar refractivity (Wildman–Crippen MR) is 86.8 cm³/mol. The molecule has 23 heavy (non-hydrogen) atoms. The number of hydrogen-bond acceptors (Lipinski definition) is 3. The monoisotopic (exact) mass is 324 g/mol. The average molecular weight is 324 g/mol. The van der Waals surface area contributed by atoms with Gasteiger partial charge >= 0.3 is 6.03 Å². The molecule has 2 aliphatic rings. The summed E-state index contributed by atoms with van der Waals surface area (Å²) < 4.78 is 0. The van der Waals surface area contributed by atoms with E-state index in [1.165, 1.54) is 19.3 Å². The van der Waals surface area contributed by atoms with Crippen LogP contribution in [0.4, 0.5) is 4.79 Å². The van der Waals surface area contributed by atoms with Crippen LogP contribution in [0.1, 0.15) is 51.4 Å². The minimum Gasteiger partial charge on any atom is -0.347 e. The summed E-state index contributed by atoms with van der Waals surface area (Å²) in [5, 5.41) is 8.25. The fourth-order valence-corrected chi connectivity index (χ4v) is 3.11. The lowest BCUT2D eigenvalue weighted by Gasteiger charge is -2.22. The van der Waals surface area contributed by atoms with Gasteiger partial charge in [-0.1, -0.05) is 19.3 Å². The average Bonchev–Trinajstić information content (AvgIpc) is 3.08. The summed E-state index contributed by atoms with van der Waals surface area (Å²) in [5.41, 5.74) is 0. The molecule has 0 aromatic carbocycles. The van der Waals surface area contributed by atoms with Crippen molar-refractivity contribution in [3.63, 3.8) is 0 Å². The van der Waals surface area contributed by atoms with E-state index >= 15 is 0 Å². The van der Waals surface area contributed by atoms with Crippen molar-refractivity contribution >= 4 is 17.8 Å². The van der Waals surface area contributed by atoms with Crippen LogP contribution in [0.25, 0.3) is 0 Å². The van der Waals surface area contributed by atoms with Gasteiger partial charge in [-0.2, -0.15) is 0 Å². The standard InChI is InChI=1S/C16H28N4O3/c21-14(18-12-15(22)20-10-4-5-11-20)8-9-17-16(23)19-13-6-2-1-3-7-13/h13H,1-12H2,(H,18,21)(H2,17,19,23). The lowest BCUT2D eigenvalue weighted by Crippen LogP contribution is -2.44. The molecule has 2 fully saturated rings. The van der Waals surface area contributed by atoms with Crippen molar-refractivity contribution in [2.24, 2.45) is 0 Å². The smallest absolute Gasteiger partial charge is 0.315 e. The summed E-state index contributed by atoms with van der Waals surface area (Å²) >= 11 is 0. The summed E-state index contributed by atoms with van der Waals surface area (Å²) in [6.07, 6.45) is 7.91. The van der Waals surface area contributed by atoms with Crippen molar-refractivity contribution in [1.82, 2.24) is 20.9 Å². The van der Waals surface area contributed by atoms with Gasteiger partial charge < -0.3 is 20.9 Å². The lowest BCUT2D eigenvalue weighted by molar-refractivity contribution is -0.132. The third kappa shape index (κ3) is 6.46. The first-order valence-electron chi connectivity index (χ1n) is 8.74. The minimum absolute atomic E-state index is 0.0288. The minimum atomic E-state index is -0.212. The molecule has 7 nitrogen and oxygen atoms in total. The summed E-state index contributed by atoms with van der Waals surface area (Å²) in [6.45, 7) is 1.91. The Balaban J connectivity index is 1.51. The Morgan fingerprint density at radius 3 is 2.30 bits per heavy atom. The zero-order valence-corrected chi connectivity index (χ0v) is 13.7. The zero-order chi connectivity index (χ0) is 16.5. The fourth-order valence-electron chi connectivity index (χ4n) is 3.11. The Labute approximate surface area is 137 Å². The molecule has 7 heteroatoms. The molecule has 4 amide bonds. The van der Waals surface area contributed by atoms with E-state index in [2.05, 4.69) is 16.0 Å². The molecule has 0 radical (unpaired) electrons. The Bertz CT molecular complexity index is 416. The first-order valence-corrected chi connectivity index (χ1v) is 8.74. The molecule has 0 unspecified atom stereocenters. The maximum atomic E-state index is 11.8. The molecule has 1 heterocycles. The Morgan fingerprint density at radius 2 is 1.61 bits per heavy atom. The van der Waals surface area contributed by atoms with Gasteiger partial charge in [0.1, 0.15) is 0 Å². The number of amides is 4. The van der Waals surface area contributed by atoms with E-state index < -0.39 is 0 Å². The van der Waals surface area contributed by atoms with Gasteiger partial charge in [0, 0.05) is 32.1 Å². The van der Waals surface area contributed by atoms with Gasteiger partial charge in [0.05, 0.1) is 6.54 Å². The highest BCUT2D eigenvalue weighted by Crippen LogP contribution is 2.17. The van der Waals surface area contributed by atoms with E-state index in [1.807, 2.05) is 0 Å². The van der Waals surface area contributed by atoms with E-state index in [0.717, 1.165) is 38.8 Å². The van der Waals surface area contributed by atoms with Crippen LogP contribution in [0.3, 0.4) is 0 Å².